The van der Waals surface area contributed by atoms with E-state index in [1.165, 1.54) is 6.20 Å². The van der Waals surface area contributed by atoms with Crippen LogP contribution in [0.3, 0.4) is 0 Å². The lowest BCUT2D eigenvalue weighted by Crippen LogP contribution is -2.28. The van der Waals surface area contributed by atoms with Crippen molar-refractivity contribution in [1.82, 2.24) is 14.5 Å². The number of rotatable bonds is 6. The number of hydrogen-bond donors (Lipinski definition) is 3. The first kappa shape index (κ1) is 23.7. The van der Waals surface area contributed by atoms with E-state index in [9.17, 15) is 4.79 Å². The van der Waals surface area contributed by atoms with Gasteiger partial charge < -0.3 is 21.4 Å². The summed E-state index contributed by atoms with van der Waals surface area (Å²) in [5, 5.41) is 5.37. The van der Waals surface area contributed by atoms with E-state index in [2.05, 4.69) is 20.3 Å². The number of nitrogens with one attached hydrogen (secondary N) is 1. The zero-order valence-electron chi connectivity index (χ0n) is 20.3. The van der Waals surface area contributed by atoms with Crippen molar-refractivity contribution in [3.05, 3.63) is 78.6 Å². The van der Waals surface area contributed by atoms with Crippen LogP contribution in [0.1, 0.15) is 36.8 Å². The van der Waals surface area contributed by atoms with E-state index in [0.717, 1.165) is 39.0 Å². The third-order valence-corrected chi connectivity index (χ3v) is 5.46. The first-order valence-electron chi connectivity index (χ1n) is 11.2. The zero-order chi connectivity index (χ0) is 25.2. The molecule has 0 spiro atoms. The van der Waals surface area contributed by atoms with Crippen LogP contribution in [0.5, 0.6) is 0 Å². The minimum atomic E-state index is -0.480. The molecule has 178 valence electrons. The molecule has 0 fully saturated rings. The largest absolute Gasteiger partial charge is 0.404 e. The number of primary amides is 1. The lowest BCUT2D eigenvalue weighted by molar-refractivity contribution is 0.100. The Bertz CT molecular complexity index is 1460. The molecular formula is C27H29N7O. The third kappa shape index (κ3) is 4.91. The Morgan fingerprint density at radius 2 is 1.91 bits per heavy atom. The number of anilines is 1. The van der Waals surface area contributed by atoms with Crippen LogP contribution in [0, 0.1) is 0 Å². The lowest BCUT2D eigenvalue weighted by Gasteiger charge is -2.24. The van der Waals surface area contributed by atoms with Gasteiger partial charge >= 0.3 is 0 Å². The highest BCUT2D eigenvalue weighted by molar-refractivity contribution is 6.08. The van der Waals surface area contributed by atoms with Crippen LogP contribution in [0.15, 0.2) is 72.4 Å². The van der Waals surface area contributed by atoms with E-state index in [4.69, 9.17) is 11.5 Å². The van der Waals surface area contributed by atoms with Crippen molar-refractivity contribution in [3.63, 3.8) is 0 Å². The Kier molecular flexibility index (Phi) is 6.38. The molecule has 0 aliphatic rings. The first-order valence-corrected chi connectivity index (χ1v) is 11.2. The summed E-state index contributed by atoms with van der Waals surface area (Å²) >= 11 is 0. The topological polar surface area (TPSA) is 124 Å². The van der Waals surface area contributed by atoms with Crippen LogP contribution in [-0.4, -0.2) is 39.2 Å². The van der Waals surface area contributed by atoms with Gasteiger partial charge in [-0.1, -0.05) is 18.2 Å². The molecule has 2 aromatic carbocycles. The number of aromatic nitrogens is 3. The average Bonchev–Trinajstić information content (AvgIpc) is 3.30. The number of hydrogen-bond acceptors (Lipinski definition) is 6. The average molecular weight is 468 g/mol. The van der Waals surface area contributed by atoms with Crippen LogP contribution >= 0.6 is 0 Å². The predicted molar refractivity (Wildman–Crippen MR) is 143 cm³/mol. The second-order valence-corrected chi connectivity index (χ2v) is 9.21. The molecule has 0 saturated carbocycles. The van der Waals surface area contributed by atoms with Gasteiger partial charge in [-0.15, -0.1) is 0 Å². The molecule has 8 nitrogen and oxygen atoms in total. The van der Waals surface area contributed by atoms with Crippen molar-refractivity contribution in [2.45, 2.75) is 26.3 Å². The summed E-state index contributed by atoms with van der Waals surface area (Å²) < 4.78 is 1.96. The van der Waals surface area contributed by atoms with Crippen molar-refractivity contribution in [1.29, 1.82) is 0 Å². The molecule has 1 amide bonds. The summed E-state index contributed by atoms with van der Waals surface area (Å²) in [4.78, 5) is 25.2. The van der Waals surface area contributed by atoms with E-state index < -0.39 is 5.91 Å². The maximum Gasteiger partial charge on any atom is 0.250 e. The highest BCUT2D eigenvalue weighted by Gasteiger charge is 2.18. The molecule has 0 atom stereocenters. The van der Waals surface area contributed by atoms with E-state index in [0.29, 0.717) is 11.3 Å². The van der Waals surface area contributed by atoms with Crippen LogP contribution in [0.25, 0.3) is 33.3 Å². The van der Waals surface area contributed by atoms with Gasteiger partial charge in [0, 0.05) is 65.0 Å². The first-order chi connectivity index (χ1) is 16.7. The smallest absolute Gasteiger partial charge is 0.250 e. The number of carbonyl (C=O) groups excluding carboxylic acids is 1. The van der Waals surface area contributed by atoms with Gasteiger partial charge in [-0.05, 0) is 45.0 Å². The fourth-order valence-electron chi connectivity index (χ4n) is 4.00. The molecule has 0 unspecified atom stereocenters. The Morgan fingerprint density at radius 3 is 2.60 bits per heavy atom. The van der Waals surface area contributed by atoms with Gasteiger partial charge in [-0.3, -0.25) is 14.8 Å². The normalized spacial score (nSPS) is 12.4. The number of nitrogens with two attached hydrogens (primary N) is 2. The number of amides is 1. The number of pyridine rings is 1. The van der Waals surface area contributed by atoms with Gasteiger partial charge in [0.2, 0.25) is 0 Å². The van der Waals surface area contributed by atoms with Crippen molar-refractivity contribution in [2.75, 3.05) is 12.4 Å². The molecule has 8 heteroatoms. The number of carbonyl (C=O) groups is 1. The number of benzene rings is 2. The van der Waals surface area contributed by atoms with Crippen LogP contribution in [0.4, 0.5) is 5.69 Å². The predicted octanol–water partition coefficient (Wildman–Crippen LogP) is 4.40. The quantitative estimate of drug-likeness (QED) is 0.363. The summed E-state index contributed by atoms with van der Waals surface area (Å²) in [6.07, 6.45) is 8.62. The molecule has 0 radical (unpaired) electrons. The van der Waals surface area contributed by atoms with Crippen molar-refractivity contribution in [3.8, 4) is 16.9 Å². The second kappa shape index (κ2) is 9.42. The standard InChI is InChI=1S/C27H29N7O/c1-27(2,3)33-22-12-17(8-9-21(22)26(29)35)25-20-6-5-7-24(19(20)10-11-31-25)34-15-23(32-16-34)18(13-28)14-30-4/h5-16,33H,28H2,1-4H3,(H2,29,35). The fourth-order valence-corrected chi connectivity index (χ4v) is 4.00. The fraction of sp³-hybridized carbons (Fsp3) is 0.185. The minimum absolute atomic E-state index is 0.249. The lowest BCUT2D eigenvalue weighted by atomic mass is 9.99. The number of aliphatic imine (C=N–C) groups is 1. The van der Waals surface area contributed by atoms with Gasteiger partial charge in [0.05, 0.1) is 29.0 Å². The highest BCUT2D eigenvalue weighted by Crippen LogP contribution is 2.33. The molecule has 0 aliphatic heterocycles. The molecule has 35 heavy (non-hydrogen) atoms. The summed E-state index contributed by atoms with van der Waals surface area (Å²) in [5.41, 5.74) is 16.3. The Morgan fingerprint density at radius 1 is 1.11 bits per heavy atom. The van der Waals surface area contributed by atoms with Crippen LogP contribution in [-0.2, 0) is 0 Å². The van der Waals surface area contributed by atoms with Crippen LogP contribution in [0.2, 0.25) is 0 Å². The Hall–Kier alpha value is -4.46. The van der Waals surface area contributed by atoms with E-state index in [1.54, 1.807) is 31.9 Å². The zero-order valence-corrected chi connectivity index (χ0v) is 20.3. The number of nitrogens with zero attached hydrogens (tertiary/aromatic N) is 4. The molecule has 0 bridgehead atoms. The molecule has 0 aliphatic carbocycles. The SMILES string of the molecule is CN=CC(=CN)c1cn(-c2cccc3c(-c4ccc(C(N)=O)c(NC(C)(C)C)c4)nccc23)cn1. The van der Waals surface area contributed by atoms with Gasteiger partial charge in [-0.25, -0.2) is 4.98 Å². The number of fused-ring (bicyclic) bond motifs is 1. The van der Waals surface area contributed by atoms with Gasteiger partial charge in [0.1, 0.15) is 0 Å². The third-order valence-electron chi connectivity index (χ3n) is 5.46. The summed E-state index contributed by atoms with van der Waals surface area (Å²) in [6, 6.07) is 13.6. The molecule has 4 rings (SSSR count). The van der Waals surface area contributed by atoms with Crippen molar-refractivity contribution in [2.24, 2.45) is 16.5 Å². The maximum absolute atomic E-state index is 12.0. The molecule has 2 aromatic heterocycles. The summed E-state index contributed by atoms with van der Waals surface area (Å²) in [5.74, 6) is -0.480. The minimum Gasteiger partial charge on any atom is -0.404 e. The van der Waals surface area contributed by atoms with Crippen molar-refractivity contribution >= 4 is 34.2 Å². The summed E-state index contributed by atoms with van der Waals surface area (Å²) in [6.45, 7) is 6.09. The molecule has 0 saturated heterocycles. The monoisotopic (exact) mass is 467 g/mol. The van der Waals surface area contributed by atoms with Crippen molar-refractivity contribution < 1.29 is 4.79 Å². The maximum atomic E-state index is 12.0. The molecule has 5 N–H and O–H groups in total. The highest BCUT2D eigenvalue weighted by atomic mass is 16.1. The molecular weight excluding hydrogens is 438 g/mol. The molecule has 2 heterocycles. The Labute approximate surface area is 204 Å². The number of imidazole rings is 1. The summed E-state index contributed by atoms with van der Waals surface area (Å²) in [7, 11) is 1.69. The number of allylic oxidation sites excluding steroid dienone is 1. The van der Waals surface area contributed by atoms with Gasteiger partial charge in [0.25, 0.3) is 5.91 Å². The molecule has 4 aromatic rings. The van der Waals surface area contributed by atoms with Crippen LogP contribution < -0.4 is 16.8 Å². The van der Waals surface area contributed by atoms with Gasteiger partial charge in [-0.2, -0.15) is 0 Å². The van der Waals surface area contributed by atoms with E-state index >= 15 is 0 Å². The second-order valence-electron chi connectivity index (χ2n) is 9.21. The Balaban J connectivity index is 1.84. The van der Waals surface area contributed by atoms with Gasteiger partial charge in [0.15, 0.2) is 0 Å². The van der Waals surface area contributed by atoms with E-state index in [1.807, 2.05) is 67.9 Å². The van der Waals surface area contributed by atoms with E-state index in [-0.39, 0.29) is 5.54 Å².